The van der Waals surface area contributed by atoms with Crippen molar-refractivity contribution in [2.24, 2.45) is 5.92 Å². The van der Waals surface area contributed by atoms with E-state index in [0.29, 0.717) is 56.8 Å². The third-order valence-electron chi connectivity index (χ3n) is 8.32. The number of fused-ring (bicyclic) bond motifs is 1. The van der Waals surface area contributed by atoms with Crippen LogP contribution in [-0.4, -0.2) is 72.6 Å². The number of amides is 4. The van der Waals surface area contributed by atoms with Gasteiger partial charge in [0.05, 0.1) is 23.7 Å². The maximum Gasteiger partial charge on any atom is 0.573 e. The van der Waals surface area contributed by atoms with Crippen LogP contribution in [0.15, 0.2) is 42.5 Å². The standard InChI is InChI=1S/C30H32F3N3O6/c1-29(21-7-2-3-8-22(21)42-30(31,32)33)12-15-35(16-13-29)14-5-17-41-23-9-4-6-20-25(23)28(40)36(27(20)39)18-19-10-11-24(37)34-26(19)38/h2-4,6-9,19H,5,10-18H2,1H3,(H,34,37,38)/t19-/m0/s1. The molecule has 2 saturated heterocycles. The lowest BCUT2D eigenvalue weighted by Crippen LogP contribution is -2.46. The van der Waals surface area contributed by atoms with Gasteiger partial charge in [0.25, 0.3) is 11.8 Å². The molecule has 0 spiro atoms. The second-order valence-electron chi connectivity index (χ2n) is 11.2. The van der Waals surface area contributed by atoms with Crippen molar-refractivity contribution >= 4 is 23.6 Å². The van der Waals surface area contributed by atoms with E-state index in [4.69, 9.17) is 4.74 Å². The van der Waals surface area contributed by atoms with Crippen LogP contribution >= 0.6 is 0 Å². The molecular weight excluding hydrogens is 555 g/mol. The van der Waals surface area contributed by atoms with Crippen LogP contribution in [0.5, 0.6) is 11.5 Å². The molecule has 3 aliphatic rings. The molecule has 1 atom stereocenters. The SMILES string of the molecule is CC1(c2ccccc2OC(F)(F)F)CCN(CCCOc2cccc3c2C(=O)N(C[C@@H]2CCC(=O)NC2=O)C3=O)CC1. The van der Waals surface area contributed by atoms with Crippen LogP contribution in [0.3, 0.4) is 0 Å². The minimum Gasteiger partial charge on any atom is -0.493 e. The fourth-order valence-electron chi connectivity index (χ4n) is 5.91. The van der Waals surface area contributed by atoms with Crippen LogP contribution in [0.25, 0.3) is 0 Å². The molecule has 0 aliphatic carbocycles. The van der Waals surface area contributed by atoms with Gasteiger partial charge in [0.1, 0.15) is 11.5 Å². The molecule has 0 saturated carbocycles. The third-order valence-corrected chi connectivity index (χ3v) is 8.32. The third kappa shape index (κ3) is 6.28. The second-order valence-corrected chi connectivity index (χ2v) is 11.2. The first-order chi connectivity index (χ1) is 19.9. The number of carbonyl (C=O) groups excluding carboxylic acids is 4. The van der Waals surface area contributed by atoms with Gasteiger partial charge < -0.3 is 14.4 Å². The first kappa shape index (κ1) is 29.6. The highest BCUT2D eigenvalue weighted by atomic mass is 19.4. The molecule has 5 rings (SSSR count). The minimum absolute atomic E-state index is 0.106. The van der Waals surface area contributed by atoms with E-state index in [1.807, 2.05) is 6.92 Å². The number of piperidine rings is 2. The molecule has 224 valence electrons. The summed E-state index contributed by atoms with van der Waals surface area (Å²) in [4.78, 5) is 53.0. The van der Waals surface area contributed by atoms with E-state index in [1.165, 1.54) is 12.1 Å². The quantitative estimate of drug-likeness (QED) is 0.349. The number of hydrogen-bond acceptors (Lipinski definition) is 7. The Labute approximate surface area is 240 Å². The topological polar surface area (TPSA) is 105 Å². The highest BCUT2D eigenvalue weighted by Gasteiger charge is 2.41. The summed E-state index contributed by atoms with van der Waals surface area (Å²) in [6, 6.07) is 11.1. The summed E-state index contributed by atoms with van der Waals surface area (Å²) >= 11 is 0. The van der Waals surface area contributed by atoms with Crippen molar-refractivity contribution in [2.45, 2.75) is 50.8 Å². The number of nitrogens with zero attached hydrogens (tertiary/aromatic N) is 2. The zero-order valence-corrected chi connectivity index (χ0v) is 23.2. The summed E-state index contributed by atoms with van der Waals surface area (Å²) in [6.07, 6.45) is -2.36. The lowest BCUT2D eigenvalue weighted by molar-refractivity contribution is -0.275. The lowest BCUT2D eigenvalue weighted by Gasteiger charge is -2.40. The Morgan fingerprint density at radius 1 is 0.976 bits per heavy atom. The van der Waals surface area contributed by atoms with Gasteiger partial charge in [-0.3, -0.25) is 29.4 Å². The largest absolute Gasteiger partial charge is 0.573 e. The molecule has 0 bridgehead atoms. The average molecular weight is 588 g/mol. The Hall–Kier alpha value is -3.93. The first-order valence-corrected chi connectivity index (χ1v) is 14.0. The van der Waals surface area contributed by atoms with Crippen molar-refractivity contribution in [1.82, 2.24) is 15.1 Å². The molecule has 0 radical (unpaired) electrons. The zero-order chi connectivity index (χ0) is 30.1. The molecule has 3 aliphatic heterocycles. The number of nitrogens with one attached hydrogen (secondary N) is 1. The molecule has 9 nitrogen and oxygen atoms in total. The summed E-state index contributed by atoms with van der Waals surface area (Å²) in [7, 11) is 0. The van der Waals surface area contributed by atoms with Crippen molar-refractivity contribution in [1.29, 1.82) is 0 Å². The molecule has 0 aromatic heterocycles. The van der Waals surface area contributed by atoms with Gasteiger partial charge in [0.15, 0.2) is 0 Å². The maximum absolute atomic E-state index is 13.2. The van der Waals surface area contributed by atoms with Crippen molar-refractivity contribution in [3.05, 3.63) is 59.2 Å². The summed E-state index contributed by atoms with van der Waals surface area (Å²) < 4.78 is 49.0. The number of rotatable bonds is 9. The number of imide groups is 2. The molecule has 2 aromatic carbocycles. The van der Waals surface area contributed by atoms with E-state index < -0.39 is 35.4 Å². The molecule has 2 fully saturated rings. The van der Waals surface area contributed by atoms with Crippen LogP contribution in [-0.2, 0) is 15.0 Å². The Kier molecular flexibility index (Phi) is 8.27. The summed E-state index contributed by atoms with van der Waals surface area (Å²) in [6.45, 7) is 4.23. The van der Waals surface area contributed by atoms with Gasteiger partial charge in [-0.05, 0) is 62.4 Å². The van der Waals surface area contributed by atoms with Gasteiger partial charge in [-0.1, -0.05) is 31.2 Å². The Morgan fingerprint density at radius 2 is 1.69 bits per heavy atom. The molecule has 42 heavy (non-hydrogen) atoms. The monoisotopic (exact) mass is 587 g/mol. The summed E-state index contributed by atoms with van der Waals surface area (Å²) in [5.74, 6) is -2.39. The number of ether oxygens (including phenoxy) is 2. The van der Waals surface area contributed by atoms with Gasteiger partial charge in [0, 0.05) is 25.1 Å². The Balaban J connectivity index is 1.13. The number of para-hydroxylation sites is 1. The Bertz CT molecular complexity index is 1390. The molecule has 1 N–H and O–H groups in total. The van der Waals surface area contributed by atoms with Crippen LogP contribution in [0.4, 0.5) is 13.2 Å². The predicted octanol–water partition coefficient (Wildman–Crippen LogP) is 4.06. The van der Waals surface area contributed by atoms with Crippen LogP contribution < -0.4 is 14.8 Å². The number of hydrogen-bond donors (Lipinski definition) is 1. The van der Waals surface area contributed by atoms with E-state index in [-0.39, 0.29) is 42.2 Å². The minimum atomic E-state index is -4.75. The van der Waals surface area contributed by atoms with Crippen LogP contribution in [0.2, 0.25) is 0 Å². The van der Waals surface area contributed by atoms with Crippen LogP contribution in [0.1, 0.15) is 65.3 Å². The fraction of sp³-hybridized carbons (Fsp3) is 0.467. The molecule has 0 unspecified atom stereocenters. The van der Waals surface area contributed by atoms with E-state index in [0.717, 1.165) is 4.90 Å². The highest BCUT2D eigenvalue weighted by molar-refractivity contribution is 6.22. The number of alkyl halides is 3. The lowest BCUT2D eigenvalue weighted by atomic mass is 9.74. The van der Waals surface area contributed by atoms with E-state index in [9.17, 15) is 32.3 Å². The highest BCUT2D eigenvalue weighted by Crippen LogP contribution is 2.41. The first-order valence-electron chi connectivity index (χ1n) is 14.0. The molecular formula is C30H32F3N3O6. The van der Waals surface area contributed by atoms with E-state index in [2.05, 4.69) is 15.0 Å². The molecule has 3 heterocycles. The van der Waals surface area contributed by atoms with Crippen molar-refractivity contribution in [2.75, 3.05) is 32.8 Å². The summed E-state index contributed by atoms with van der Waals surface area (Å²) in [5, 5.41) is 2.25. The normalized spacial score (nSPS) is 20.9. The zero-order valence-electron chi connectivity index (χ0n) is 23.2. The van der Waals surface area contributed by atoms with E-state index >= 15 is 0 Å². The number of carbonyl (C=O) groups is 4. The fourth-order valence-corrected chi connectivity index (χ4v) is 5.91. The number of benzene rings is 2. The molecule has 12 heteroatoms. The van der Waals surface area contributed by atoms with E-state index in [1.54, 1.807) is 30.3 Å². The van der Waals surface area contributed by atoms with Gasteiger partial charge in [-0.2, -0.15) is 0 Å². The predicted molar refractivity (Wildman–Crippen MR) is 144 cm³/mol. The molecule has 4 amide bonds. The van der Waals surface area contributed by atoms with Gasteiger partial charge >= 0.3 is 6.36 Å². The average Bonchev–Trinajstić information content (AvgIpc) is 3.18. The van der Waals surface area contributed by atoms with Crippen molar-refractivity contribution in [3.8, 4) is 11.5 Å². The second kappa shape index (κ2) is 11.7. The number of halogens is 3. The van der Waals surface area contributed by atoms with Gasteiger partial charge in [-0.25, -0.2) is 0 Å². The van der Waals surface area contributed by atoms with Gasteiger partial charge in [0.2, 0.25) is 11.8 Å². The van der Waals surface area contributed by atoms with Crippen molar-refractivity contribution < 1.29 is 41.8 Å². The van der Waals surface area contributed by atoms with Gasteiger partial charge in [-0.15, -0.1) is 13.2 Å². The smallest absolute Gasteiger partial charge is 0.493 e. The number of likely N-dealkylation sites (tertiary alicyclic amines) is 1. The van der Waals surface area contributed by atoms with Crippen LogP contribution in [0, 0.1) is 5.92 Å². The Morgan fingerprint density at radius 3 is 2.40 bits per heavy atom. The maximum atomic E-state index is 13.2. The molecule has 2 aromatic rings. The summed E-state index contributed by atoms with van der Waals surface area (Å²) in [5.41, 5.74) is 0.485. The van der Waals surface area contributed by atoms with Crippen molar-refractivity contribution in [3.63, 3.8) is 0 Å².